The van der Waals surface area contributed by atoms with Crippen LogP contribution in [0.2, 0.25) is 0 Å². The first-order chi connectivity index (χ1) is 9.61. The third-order valence-corrected chi connectivity index (χ3v) is 2.61. The van der Waals surface area contributed by atoms with Crippen LogP contribution in [-0.4, -0.2) is 23.2 Å². The summed E-state index contributed by atoms with van der Waals surface area (Å²) in [6, 6.07) is 7.10. The van der Waals surface area contributed by atoms with Crippen LogP contribution in [0.5, 0.6) is 11.6 Å². The second-order valence-corrected chi connectivity index (χ2v) is 3.91. The van der Waals surface area contributed by atoms with Gasteiger partial charge in [0.15, 0.2) is 0 Å². The lowest BCUT2D eigenvalue weighted by Crippen LogP contribution is -2.03. The first-order valence-electron chi connectivity index (χ1n) is 5.75. The van der Waals surface area contributed by atoms with Crippen molar-refractivity contribution in [2.75, 3.05) is 7.11 Å². The quantitative estimate of drug-likeness (QED) is 0.909. The Balaban J connectivity index is 2.11. The van der Waals surface area contributed by atoms with E-state index in [2.05, 4.69) is 4.98 Å². The third kappa shape index (κ3) is 3.03. The van der Waals surface area contributed by atoms with E-state index in [-0.39, 0.29) is 12.4 Å². The van der Waals surface area contributed by atoms with E-state index in [1.165, 1.54) is 13.2 Å². The maximum atomic E-state index is 13.5. The summed E-state index contributed by atoms with van der Waals surface area (Å²) in [7, 11) is 1.49. The number of ether oxygens (including phenoxy) is 2. The zero-order valence-electron chi connectivity index (χ0n) is 10.7. The Morgan fingerprint density at radius 1 is 1.40 bits per heavy atom. The Bertz CT molecular complexity index is 630. The molecular weight excluding hydrogens is 265 g/mol. The first-order valence-corrected chi connectivity index (χ1v) is 5.75. The van der Waals surface area contributed by atoms with Crippen molar-refractivity contribution in [3.8, 4) is 11.6 Å². The SMILES string of the molecule is COc1ncccc1COc1ccc(C(=O)O)c(F)c1. The van der Waals surface area contributed by atoms with Gasteiger partial charge >= 0.3 is 5.97 Å². The zero-order valence-corrected chi connectivity index (χ0v) is 10.7. The van der Waals surface area contributed by atoms with E-state index in [1.807, 2.05) is 0 Å². The smallest absolute Gasteiger partial charge is 0.338 e. The van der Waals surface area contributed by atoms with Crippen molar-refractivity contribution >= 4 is 5.97 Å². The lowest BCUT2D eigenvalue weighted by atomic mass is 10.2. The summed E-state index contributed by atoms with van der Waals surface area (Å²) < 4.78 is 23.9. The molecule has 0 radical (unpaired) electrons. The van der Waals surface area contributed by atoms with Gasteiger partial charge in [-0.3, -0.25) is 0 Å². The van der Waals surface area contributed by atoms with Gasteiger partial charge in [0, 0.05) is 12.3 Å². The molecule has 1 aromatic heterocycles. The van der Waals surface area contributed by atoms with Gasteiger partial charge in [0.2, 0.25) is 5.88 Å². The highest BCUT2D eigenvalue weighted by atomic mass is 19.1. The van der Waals surface area contributed by atoms with Crippen molar-refractivity contribution in [3.05, 3.63) is 53.5 Å². The van der Waals surface area contributed by atoms with E-state index in [9.17, 15) is 9.18 Å². The molecule has 1 N–H and O–H groups in total. The van der Waals surface area contributed by atoms with E-state index in [0.717, 1.165) is 12.1 Å². The monoisotopic (exact) mass is 277 g/mol. The molecule has 0 saturated heterocycles. The molecule has 1 aromatic carbocycles. The summed E-state index contributed by atoms with van der Waals surface area (Å²) in [5.41, 5.74) is 0.314. The number of methoxy groups -OCH3 is 1. The number of benzene rings is 1. The number of rotatable bonds is 5. The summed E-state index contributed by atoms with van der Waals surface area (Å²) >= 11 is 0. The molecule has 6 heteroatoms. The van der Waals surface area contributed by atoms with E-state index < -0.39 is 17.3 Å². The fourth-order valence-electron chi connectivity index (χ4n) is 1.64. The summed E-state index contributed by atoms with van der Waals surface area (Å²) in [4.78, 5) is 14.7. The lowest BCUT2D eigenvalue weighted by Gasteiger charge is -2.09. The Kier molecular flexibility index (Phi) is 4.14. The molecule has 0 spiro atoms. The molecule has 0 aliphatic rings. The molecule has 0 saturated carbocycles. The molecule has 104 valence electrons. The number of pyridine rings is 1. The fourth-order valence-corrected chi connectivity index (χ4v) is 1.64. The summed E-state index contributed by atoms with van der Waals surface area (Å²) in [6.07, 6.45) is 1.59. The highest BCUT2D eigenvalue weighted by Gasteiger charge is 2.11. The van der Waals surface area contributed by atoms with Crippen LogP contribution in [0.1, 0.15) is 15.9 Å². The molecule has 0 unspecified atom stereocenters. The van der Waals surface area contributed by atoms with E-state index in [0.29, 0.717) is 11.4 Å². The molecule has 0 aliphatic heterocycles. The summed E-state index contributed by atoms with van der Waals surface area (Å²) in [5.74, 6) is -1.50. The highest BCUT2D eigenvalue weighted by Crippen LogP contribution is 2.20. The van der Waals surface area contributed by atoms with Crippen molar-refractivity contribution in [3.63, 3.8) is 0 Å². The number of hydrogen-bond acceptors (Lipinski definition) is 4. The predicted octanol–water partition coefficient (Wildman–Crippen LogP) is 2.51. The number of carboxylic acid groups (broad SMARTS) is 1. The number of carboxylic acids is 1. The van der Waals surface area contributed by atoms with Gasteiger partial charge in [0.05, 0.1) is 18.2 Å². The van der Waals surface area contributed by atoms with E-state index in [1.54, 1.807) is 18.3 Å². The average Bonchev–Trinajstić information content (AvgIpc) is 2.45. The molecule has 20 heavy (non-hydrogen) atoms. The van der Waals surface area contributed by atoms with Crippen molar-refractivity contribution in [1.29, 1.82) is 0 Å². The Morgan fingerprint density at radius 3 is 2.85 bits per heavy atom. The molecule has 0 amide bonds. The molecule has 0 bridgehead atoms. The normalized spacial score (nSPS) is 10.1. The number of aromatic nitrogens is 1. The number of carbonyl (C=O) groups is 1. The largest absolute Gasteiger partial charge is 0.489 e. The van der Waals surface area contributed by atoms with Crippen LogP contribution >= 0.6 is 0 Å². The van der Waals surface area contributed by atoms with Crippen molar-refractivity contribution in [2.45, 2.75) is 6.61 Å². The molecule has 0 aliphatic carbocycles. The van der Waals surface area contributed by atoms with Gasteiger partial charge in [-0.25, -0.2) is 14.2 Å². The topological polar surface area (TPSA) is 68.7 Å². The fraction of sp³-hybridized carbons (Fsp3) is 0.143. The second kappa shape index (κ2) is 6.01. The lowest BCUT2D eigenvalue weighted by molar-refractivity contribution is 0.0692. The number of aromatic carboxylic acids is 1. The van der Waals surface area contributed by atoms with E-state index >= 15 is 0 Å². The van der Waals surface area contributed by atoms with Crippen LogP contribution in [0.3, 0.4) is 0 Å². The van der Waals surface area contributed by atoms with E-state index in [4.69, 9.17) is 14.6 Å². The second-order valence-electron chi connectivity index (χ2n) is 3.91. The Hall–Kier alpha value is -2.63. The van der Waals surface area contributed by atoms with Crippen molar-refractivity contribution < 1.29 is 23.8 Å². The van der Waals surface area contributed by atoms with Gasteiger partial charge in [0.25, 0.3) is 0 Å². The zero-order chi connectivity index (χ0) is 14.5. The standard InChI is InChI=1S/C14H12FNO4/c1-19-13-9(3-2-6-16-13)8-20-10-4-5-11(14(17)18)12(15)7-10/h2-7H,8H2,1H3,(H,17,18). The average molecular weight is 277 g/mol. The van der Waals surface area contributed by atoms with Gasteiger partial charge in [0.1, 0.15) is 18.2 Å². The first kappa shape index (κ1) is 13.8. The molecular formula is C14H12FNO4. The van der Waals surface area contributed by atoms with Crippen LogP contribution in [0.25, 0.3) is 0 Å². The van der Waals surface area contributed by atoms with Crippen LogP contribution in [0.4, 0.5) is 4.39 Å². The Labute approximate surface area is 114 Å². The van der Waals surface area contributed by atoms with Gasteiger partial charge in [-0.2, -0.15) is 0 Å². The highest BCUT2D eigenvalue weighted by molar-refractivity contribution is 5.88. The third-order valence-electron chi connectivity index (χ3n) is 2.61. The molecule has 2 rings (SSSR count). The van der Waals surface area contributed by atoms with Gasteiger partial charge in [-0.1, -0.05) is 0 Å². The number of hydrogen-bond donors (Lipinski definition) is 1. The van der Waals surface area contributed by atoms with Crippen LogP contribution in [0, 0.1) is 5.82 Å². The predicted molar refractivity (Wildman–Crippen MR) is 68.5 cm³/mol. The van der Waals surface area contributed by atoms with Gasteiger partial charge in [-0.15, -0.1) is 0 Å². The van der Waals surface area contributed by atoms with Crippen molar-refractivity contribution in [1.82, 2.24) is 4.98 Å². The molecule has 2 aromatic rings. The maximum absolute atomic E-state index is 13.5. The molecule has 0 atom stereocenters. The molecule has 0 fully saturated rings. The maximum Gasteiger partial charge on any atom is 0.338 e. The van der Waals surface area contributed by atoms with Gasteiger partial charge < -0.3 is 14.6 Å². The molecule has 5 nitrogen and oxygen atoms in total. The molecule has 1 heterocycles. The summed E-state index contributed by atoms with van der Waals surface area (Å²) in [5, 5.41) is 8.73. The minimum absolute atomic E-state index is 0.142. The van der Waals surface area contributed by atoms with Crippen molar-refractivity contribution in [2.24, 2.45) is 0 Å². The van der Waals surface area contributed by atoms with Crippen LogP contribution < -0.4 is 9.47 Å². The summed E-state index contributed by atoms with van der Waals surface area (Å²) in [6.45, 7) is 0.142. The van der Waals surface area contributed by atoms with Crippen LogP contribution in [0.15, 0.2) is 36.5 Å². The minimum Gasteiger partial charge on any atom is -0.489 e. The Morgan fingerprint density at radius 2 is 2.20 bits per heavy atom. The minimum atomic E-state index is -1.32. The number of halogens is 1. The van der Waals surface area contributed by atoms with Crippen LogP contribution in [-0.2, 0) is 6.61 Å². The number of nitrogens with zero attached hydrogens (tertiary/aromatic N) is 1. The van der Waals surface area contributed by atoms with Gasteiger partial charge in [-0.05, 0) is 24.3 Å².